The molecule has 1 heterocycles. The fraction of sp³-hybridized carbons (Fsp3) is 0.250. The molecule has 1 aromatic heterocycles. The first kappa shape index (κ1) is 16.5. The van der Waals surface area contributed by atoms with Gasteiger partial charge in [0.25, 0.3) is 0 Å². The van der Waals surface area contributed by atoms with Gasteiger partial charge in [-0.15, -0.1) is 0 Å². The summed E-state index contributed by atoms with van der Waals surface area (Å²) in [6, 6.07) is 4.91. The van der Waals surface area contributed by atoms with Crippen LogP contribution in [0.5, 0.6) is 0 Å². The van der Waals surface area contributed by atoms with E-state index in [0.29, 0.717) is 10.6 Å². The van der Waals surface area contributed by atoms with Gasteiger partial charge in [0.2, 0.25) is 3.79 Å². The number of aliphatic hydroxyl groups is 1. The highest BCUT2D eigenvalue weighted by atomic mass is 35.6. The van der Waals surface area contributed by atoms with E-state index >= 15 is 0 Å². The van der Waals surface area contributed by atoms with Crippen molar-refractivity contribution in [3.05, 3.63) is 47.5 Å². The summed E-state index contributed by atoms with van der Waals surface area (Å²) in [5.74, 6) is -0.476. The highest BCUT2D eigenvalue weighted by molar-refractivity contribution is 6.68. The summed E-state index contributed by atoms with van der Waals surface area (Å²) >= 11 is 22.9. The zero-order valence-corrected chi connectivity index (χ0v) is 13.4. The van der Waals surface area contributed by atoms with Gasteiger partial charge in [-0.3, -0.25) is 4.79 Å². The SMILES string of the molecule is O=C(c1ccc(Cl)cc1)C(C(O)C(Cl)(Cl)Cl)n1cncn1. The number of nitrogens with zero attached hydrogens (tertiary/aromatic N) is 3. The summed E-state index contributed by atoms with van der Waals surface area (Å²) in [6.07, 6.45) is 0.873. The molecule has 0 fully saturated rings. The van der Waals surface area contributed by atoms with Crippen LogP contribution in [0, 0.1) is 0 Å². The van der Waals surface area contributed by atoms with Crippen molar-refractivity contribution in [2.45, 2.75) is 15.9 Å². The molecule has 0 aliphatic rings. The van der Waals surface area contributed by atoms with Crippen molar-refractivity contribution in [3.8, 4) is 0 Å². The molecule has 0 aliphatic carbocycles. The van der Waals surface area contributed by atoms with E-state index < -0.39 is 21.7 Å². The van der Waals surface area contributed by atoms with Gasteiger partial charge < -0.3 is 5.11 Å². The van der Waals surface area contributed by atoms with Gasteiger partial charge >= 0.3 is 0 Å². The first-order chi connectivity index (χ1) is 9.80. The van der Waals surface area contributed by atoms with Gasteiger partial charge in [-0.25, -0.2) is 9.67 Å². The summed E-state index contributed by atoms with van der Waals surface area (Å²) < 4.78 is -0.914. The van der Waals surface area contributed by atoms with E-state index in [9.17, 15) is 9.90 Å². The summed E-state index contributed by atoms with van der Waals surface area (Å²) in [4.78, 5) is 16.3. The van der Waals surface area contributed by atoms with Crippen molar-refractivity contribution in [2.24, 2.45) is 0 Å². The fourth-order valence-electron chi connectivity index (χ4n) is 1.73. The maximum atomic E-state index is 12.6. The van der Waals surface area contributed by atoms with Crippen molar-refractivity contribution in [3.63, 3.8) is 0 Å². The van der Waals surface area contributed by atoms with E-state index in [1.54, 1.807) is 12.1 Å². The van der Waals surface area contributed by atoms with Crippen molar-refractivity contribution >= 4 is 52.2 Å². The number of hydrogen-bond donors (Lipinski definition) is 1. The number of aromatic nitrogens is 3. The Morgan fingerprint density at radius 3 is 2.33 bits per heavy atom. The van der Waals surface area contributed by atoms with Gasteiger partial charge in [-0.05, 0) is 24.3 Å². The molecular formula is C12H9Cl4N3O2. The number of rotatable bonds is 4. The van der Waals surface area contributed by atoms with E-state index in [0.717, 1.165) is 4.68 Å². The molecular weight excluding hydrogens is 360 g/mol. The minimum atomic E-state index is -2.06. The number of hydrogen-bond acceptors (Lipinski definition) is 4. The van der Waals surface area contributed by atoms with Crippen molar-refractivity contribution in [1.29, 1.82) is 0 Å². The van der Waals surface area contributed by atoms with E-state index in [4.69, 9.17) is 46.4 Å². The molecule has 0 saturated carbocycles. The maximum Gasteiger partial charge on any atom is 0.218 e. The van der Waals surface area contributed by atoms with Gasteiger partial charge in [0.1, 0.15) is 24.8 Å². The van der Waals surface area contributed by atoms with E-state index in [2.05, 4.69) is 10.1 Å². The van der Waals surface area contributed by atoms with Gasteiger partial charge in [0, 0.05) is 10.6 Å². The van der Waals surface area contributed by atoms with Crippen molar-refractivity contribution in [1.82, 2.24) is 14.8 Å². The average Bonchev–Trinajstić information content (AvgIpc) is 2.92. The Morgan fingerprint density at radius 1 is 1.24 bits per heavy atom. The molecule has 2 aromatic rings. The zero-order valence-electron chi connectivity index (χ0n) is 10.3. The van der Waals surface area contributed by atoms with Crippen LogP contribution in [0.15, 0.2) is 36.9 Å². The molecule has 2 rings (SSSR count). The van der Waals surface area contributed by atoms with Crippen LogP contribution < -0.4 is 0 Å². The summed E-state index contributed by atoms with van der Waals surface area (Å²) in [7, 11) is 0. The van der Waals surface area contributed by atoms with Crippen LogP contribution in [0.2, 0.25) is 5.02 Å². The number of Topliss-reactive ketones (excluding diaryl/α,β-unsaturated/α-hetero) is 1. The summed E-state index contributed by atoms with van der Waals surface area (Å²) in [5, 5.41) is 14.5. The van der Waals surface area contributed by atoms with E-state index in [1.807, 2.05) is 0 Å². The molecule has 0 amide bonds. The lowest BCUT2D eigenvalue weighted by Gasteiger charge is -2.26. The van der Waals surface area contributed by atoms with Gasteiger partial charge in [-0.2, -0.15) is 5.10 Å². The lowest BCUT2D eigenvalue weighted by molar-refractivity contribution is 0.0685. The van der Waals surface area contributed by atoms with Gasteiger partial charge in [0.15, 0.2) is 5.78 Å². The minimum absolute atomic E-state index is 0.299. The number of halogens is 4. The molecule has 9 heteroatoms. The Morgan fingerprint density at radius 2 is 1.86 bits per heavy atom. The summed E-state index contributed by atoms with van der Waals surface area (Å²) in [5.41, 5.74) is 0.299. The Kier molecular flexibility index (Phi) is 5.11. The highest BCUT2D eigenvalue weighted by Gasteiger charge is 2.42. The van der Waals surface area contributed by atoms with Crippen LogP contribution in [0.1, 0.15) is 16.4 Å². The molecule has 0 aliphatic heterocycles. The average molecular weight is 369 g/mol. The third-order valence-electron chi connectivity index (χ3n) is 2.75. The molecule has 112 valence electrons. The van der Waals surface area contributed by atoms with Gasteiger partial charge in [0.05, 0.1) is 0 Å². The molecule has 1 aromatic carbocycles. The minimum Gasteiger partial charge on any atom is -0.386 e. The zero-order chi connectivity index (χ0) is 15.6. The molecule has 2 atom stereocenters. The normalized spacial score (nSPS) is 14.7. The Labute approximate surface area is 140 Å². The van der Waals surface area contributed by atoms with Crippen LogP contribution in [0.25, 0.3) is 0 Å². The first-order valence-corrected chi connectivity index (χ1v) is 7.20. The van der Waals surface area contributed by atoms with Crippen LogP contribution in [-0.4, -0.2) is 35.6 Å². The second kappa shape index (κ2) is 6.50. The Hall–Kier alpha value is -0.850. The molecule has 2 unspecified atom stereocenters. The maximum absolute atomic E-state index is 12.6. The third-order valence-corrected chi connectivity index (χ3v) is 3.68. The summed E-state index contributed by atoms with van der Waals surface area (Å²) in [6.45, 7) is 0. The standard InChI is InChI=1S/C12H9Cl4N3O2/c13-8-3-1-7(2-4-8)10(20)9(11(21)12(14,15)16)19-6-17-5-18-19/h1-6,9,11,21H. The number of benzene rings is 1. The number of carbonyl (C=O) groups is 1. The molecule has 21 heavy (non-hydrogen) atoms. The molecule has 5 nitrogen and oxygen atoms in total. The number of ketones is 1. The number of carbonyl (C=O) groups excluding carboxylic acids is 1. The Balaban J connectivity index is 2.40. The van der Waals surface area contributed by atoms with E-state index in [-0.39, 0.29) is 0 Å². The Bertz CT molecular complexity index is 610. The van der Waals surface area contributed by atoms with E-state index in [1.165, 1.54) is 24.8 Å². The molecule has 1 N–H and O–H groups in total. The largest absolute Gasteiger partial charge is 0.386 e. The predicted molar refractivity (Wildman–Crippen MR) is 81.1 cm³/mol. The number of aliphatic hydroxyl groups excluding tert-OH is 1. The molecule has 0 bridgehead atoms. The second-order valence-electron chi connectivity index (χ2n) is 4.18. The monoisotopic (exact) mass is 367 g/mol. The smallest absolute Gasteiger partial charge is 0.218 e. The molecule has 0 radical (unpaired) electrons. The predicted octanol–water partition coefficient (Wildman–Crippen LogP) is 3.09. The lowest BCUT2D eigenvalue weighted by Crippen LogP contribution is -2.40. The second-order valence-corrected chi connectivity index (χ2v) is 6.98. The van der Waals surface area contributed by atoms with Gasteiger partial charge in [-0.1, -0.05) is 46.4 Å². The van der Waals surface area contributed by atoms with Crippen LogP contribution in [0.4, 0.5) is 0 Å². The number of alkyl halides is 3. The van der Waals surface area contributed by atoms with Crippen molar-refractivity contribution in [2.75, 3.05) is 0 Å². The first-order valence-electron chi connectivity index (χ1n) is 5.69. The highest BCUT2D eigenvalue weighted by Crippen LogP contribution is 2.36. The van der Waals surface area contributed by atoms with Crippen LogP contribution in [-0.2, 0) is 0 Å². The molecule has 0 saturated heterocycles. The fourth-order valence-corrected chi connectivity index (χ4v) is 2.22. The lowest BCUT2D eigenvalue weighted by atomic mass is 10.0. The molecule has 0 spiro atoms. The topological polar surface area (TPSA) is 68.0 Å². The van der Waals surface area contributed by atoms with Crippen LogP contribution in [0.3, 0.4) is 0 Å². The quantitative estimate of drug-likeness (QED) is 0.665. The van der Waals surface area contributed by atoms with Crippen LogP contribution >= 0.6 is 46.4 Å². The van der Waals surface area contributed by atoms with Crippen molar-refractivity contribution < 1.29 is 9.90 Å². The third kappa shape index (κ3) is 3.87.